The lowest BCUT2D eigenvalue weighted by atomic mass is 9.71. The maximum atomic E-state index is 12.6. The number of aliphatic carboxylic acids is 1. The van der Waals surface area contributed by atoms with E-state index in [0.717, 1.165) is 23.0 Å². The molecule has 4 atom stereocenters. The lowest BCUT2D eigenvalue weighted by molar-refractivity contribution is -0.166. The highest BCUT2D eigenvalue weighted by Crippen LogP contribution is 2.58. The molecule has 0 saturated carbocycles. The highest BCUT2D eigenvalue weighted by Gasteiger charge is 2.64. The van der Waals surface area contributed by atoms with Crippen molar-refractivity contribution in [2.24, 2.45) is 11.3 Å². The first-order chi connectivity index (χ1) is 13.6. The fourth-order valence-corrected chi connectivity index (χ4v) is 6.69. The largest absolute Gasteiger partial charge is 0.477 e. The lowest BCUT2D eigenvalue weighted by Gasteiger charge is -2.49. The Bertz CT molecular complexity index is 934. The summed E-state index contributed by atoms with van der Waals surface area (Å²) in [6, 6.07) is 0.0470. The minimum atomic E-state index is -1.12. The van der Waals surface area contributed by atoms with Crippen LogP contribution in [0.2, 0.25) is 0 Å². The summed E-state index contributed by atoms with van der Waals surface area (Å²) in [7, 11) is 0. The molecular weight excluding hydrogens is 410 g/mol. The van der Waals surface area contributed by atoms with E-state index in [9.17, 15) is 19.8 Å². The zero-order valence-corrected chi connectivity index (χ0v) is 18.4. The van der Waals surface area contributed by atoms with E-state index in [1.54, 1.807) is 6.92 Å². The fraction of sp³-hybridized carbons (Fsp3) is 0.550. The van der Waals surface area contributed by atoms with Gasteiger partial charge in [0.15, 0.2) is 4.34 Å². The van der Waals surface area contributed by atoms with Crippen molar-refractivity contribution in [1.29, 1.82) is 0 Å². The van der Waals surface area contributed by atoms with Crippen molar-refractivity contribution in [1.82, 2.24) is 15.2 Å². The van der Waals surface area contributed by atoms with Crippen LogP contribution in [0, 0.1) is 11.3 Å². The summed E-state index contributed by atoms with van der Waals surface area (Å²) < 4.78 is 0.762. The number of nitrogens with one attached hydrogen (secondary N) is 1. The number of aliphatic hydroxyl groups excluding tert-OH is 1. The first kappa shape index (κ1) is 20.6. The number of carboxylic acid groups (broad SMARTS) is 1. The number of amides is 1. The number of thioether (sulfide) groups is 1. The lowest BCUT2D eigenvalue weighted by Crippen LogP contribution is -2.65. The third-order valence-corrected chi connectivity index (χ3v) is 8.35. The van der Waals surface area contributed by atoms with Crippen LogP contribution < -0.4 is 5.32 Å². The fourth-order valence-electron chi connectivity index (χ4n) is 4.55. The van der Waals surface area contributed by atoms with Gasteiger partial charge in [0.25, 0.3) is 0 Å². The Morgan fingerprint density at radius 1 is 1.48 bits per heavy atom. The number of aliphatic hydroxyl groups is 1. The standard InChI is InChI=1S/C20H25N3O4S2/c1-9-7-11(5-6-21-9)12-8-28-19(22-12)29-16-14(18(26)27)23-15(20(16,3)4)13(10(2)24)17(23)25/h5,8-10,13,15,21,24H,6-7H2,1-4H3,(H,26,27)/t9-,10+,13?,15?/m0/s1. The molecule has 3 aliphatic rings. The molecule has 2 unspecified atom stereocenters. The van der Waals surface area contributed by atoms with Gasteiger partial charge in [0, 0.05) is 28.3 Å². The predicted molar refractivity (Wildman–Crippen MR) is 112 cm³/mol. The molecular formula is C20H25N3O4S2. The number of carbonyl (C=O) groups is 2. The van der Waals surface area contributed by atoms with Gasteiger partial charge in [0.2, 0.25) is 5.91 Å². The number of fused-ring (bicyclic) bond motifs is 1. The van der Waals surface area contributed by atoms with Crippen LogP contribution in [0.1, 0.15) is 39.8 Å². The molecule has 1 amide bonds. The van der Waals surface area contributed by atoms with Gasteiger partial charge in [-0.3, -0.25) is 4.79 Å². The Morgan fingerprint density at radius 2 is 2.21 bits per heavy atom. The molecule has 1 aromatic rings. The van der Waals surface area contributed by atoms with Crippen molar-refractivity contribution < 1.29 is 19.8 Å². The van der Waals surface area contributed by atoms with E-state index < -0.39 is 23.4 Å². The van der Waals surface area contributed by atoms with Crippen LogP contribution in [0.3, 0.4) is 0 Å². The predicted octanol–water partition coefficient (Wildman–Crippen LogP) is 2.54. The van der Waals surface area contributed by atoms with E-state index in [-0.39, 0.29) is 17.6 Å². The SMILES string of the molecule is C[C@H]1CC(c2csc(SC3=C(C(=O)O)N4C(=O)C([C@@H](C)O)C4C3(C)C)n2)=CCN1. The number of rotatable bonds is 5. The highest BCUT2D eigenvalue weighted by molar-refractivity contribution is 8.04. The molecule has 0 aromatic carbocycles. The molecule has 29 heavy (non-hydrogen) atoms. The van der Waals surface area contributed by atoms with Crippen molar-refractivity contribution >= 4 is 40.5 Å². The molecule has 0 aliphatic carbocycles. The third kappa shape index (κ3) is 3.24. The van der Waals surface area contributed by atoms with Gasteiger partial charge in [-0.15, -0.1) is 11.3 Å². The maximum Gasteiger partial charge on any atom is 0.353 e. The van der Waals surface area contributed by atoms with Gasteiger partial charge >= 0.3 is 5.97 Å². The van der Waals surface area contributed by atoms with E-state index >= 15 is 0 Å². The third-order valence-electron chi connectivity index (χ3n) is 5.99. The number of β-lactam (4-membered cyclic amide) rings is 1. The molecule has 0 bridgehead atoms. The average Bonchev–Trinajstić information content (AvgIpc) is 3.16. The van der Waals surface area contributed by atoms with Crippen LogP contribution in [0.25, 0.3) is 5.57 Å². The molecule has 1 saturated heterocycles. The molecule has 0 spiro atoms. The second kappa shape index (κ2) is 7.23. The van der Waals surface area contributed by atoms with Crippen molar-refractivity contribution in [3.8, 4) is 0 Å². The second-order valence-electron chi connectivity index (χ2n) is 8.47. The Morgan fingerprint density at radius 3 is 2.83 bits per heavy atom. The molecule has 3 aliphatic heterocycles. The first-order valence-electron chi connectivity index (χ1n) is 9.68. The van der Waals surface area contributed by atoms with Gasteiger partial charge in [-0.25, -0.2) is 9.78 Å². The number of carboxylic acids is 1. The summed E-state index contributed by atoms with van der Waals surface area (Å²) in [5, 5.41) is 25.3. The Kier molecular flexibility index (Phi) is 5.13. The summed E-state index contributed by atoms with van der Waals surface area (Å²) in [5.74, 6) is -2.02. The Hall–Kier alpha value is -1.68. The van der Waals surface area contributed by atoms with Gasteiger partial charge in [-0.2, -0.15) is 0 Å². The van der Waals surface area contributed by atoms with Crippen LogP contribution >= 0.6 is 23.1 Å². The quantitative estimate of drug-likeness (QED) is 0.611. The summed E-state index contributed by atoms with van der Waals surface area (Å²) >= 11 is 2.82. The van der Waals surface area contributed by atoms with Crippen LogP contribution in [0.5, 0.6) is 0 Å². The van der Waals surface area contributed by atoms with Crippen molar-refractivity contribution in [2.75, 3.05) is 6.54 Å². The molecule has 156 valence electrons. The van der Waals surface area contributed by atoms with E-state index in [1.165, 1.54) is 33.6 Å². The molecule has 0 radical (unpaired) electrons. The minimum Gasteiger partial charge on any atom is -0.477 e. The normalized spacial score (nSPS) is 29.4. The molecule has 4 heterocycles. The van der Waals surface area contributed by atoms with Gasteiger partial charge in [0.05, 0.1) is 23.8 Å². The number of aromatic nitrogens is 1. The van der Waals surface area contributed by atoms with Crippen LogP contribution in [-0.2, 0) is 9.59 Å². The van der Waals surface area contributed by atoms with Crippen molar-refractivity contribution in [3.05, 3.63) is 27.8 Å². The summed E-state index contributed by atoms with van der Waals surface area (Å²) in [5.41, 5.74) is 1.58. The summed E-state index contributed by atoms with van der Waals surface area (Å²) in [6.45, 7) is 8.42. The molecule has 9 heteroatoms. The van der Waals surface area contributed by atoms with Gasteiger partial charge < -0.3 is 20.4 Å². The number of nitrogens with zero attached hydrogens (tertiary/aromatic N) is 2. The molecule has 7 nitrogen and oxygen atoms in total. The van der Waals surface area contributed by atoms with Crippen molar-refractivity contribution in [3.63, 3.8) is 0 Å². The maximum absolute atomic E-state index is 12.6. The first-order valence-corrected chi connectivity index (χ1v) is 11.4. The zero-order chi connectivity index (χ0) is 21.1. The number of hydrogen-bond donors (Lipinski definition) is 3. The van der Waals surface area contributed by atoms with E-state index in [4.69, 9.17) is 4.98 Å². The number of thiazole rings is 1. The van der Waals surface area contributed by atoms with E-state index in [2.05, 4.69) is 18.3 Å². The molecule has 3 N–H and O–H groups in total. The molecule has 4 rings (SSSR count). The summed E-state index contributed by atoms with van der Waals surface area (Å²) in [4.78, 5) is 31.3. The zero-order valence-electron chi connectivity index (χ0n) is 16.8. The topological polar surface area (TPSA) is 103 Å². The highest BCUT2D eigenvalue weighted by atomic mass is 32.2. The number of hydrogen-bond acceptors (Lipinski definition) is 7. The van der Waals surface area contributed by atoms with Crippen LogP contribution in [0.15, 0.2) is 26.4 Å². The molecule has 1 aromatic heterocycles. The number of carbonyl (C=O) groups excluding carboxylic acids is 1. The van der Waals surface area contributed by atoms with Crippen LogP contribution in [0.4, 0.5) is 0 Å². The summed E-state index contributed by atoms with van der Waals surface area (Å²) in [6.07, 6.45) is 2.23. The Labute approximate surface area is 177 Å². The van der Waals surface area contributed by atoms with Gasteiger partial charge in [-0.1, -0.05) is 31.7 Å². The van der Waals surface area contributed by atoms with E-state index in [1.807, 2.05) is 19.2 Å². The second-order valence-corrected chi connectivity index (χ2v) is 10.6. The Balaban J connectivity index is 1.65. The van der Waals surface area contributed by atoms with Gasteiger partial charge in [0.1, 0.15) is 5.70 Å². The van der Waals surface area contributed by atoms with E-state index in [0.29, 0.717) is 10.9 Å². The van der Waals surface area contributed by atoms with Crippen molar-refractivity contribution in [2.45, 2.75) is 56.6 Å². The average molecular weight is 436 g/mol. The van der Waals surface area contributed by atoms with Crippen LogP contribution in [-0.4, -0.2) is 56.7 Å². The molecule has 1 fully saturated rings. The minimum absolute atomic E-state index is 0.0263. The smallest absolute Gasteiger partial charge is 0.353 e. The van der Waals surface area contributed by atoms with Gasteiger partial charge in [-0.05, 0) is 25.8 Å². The monoisotopic (exact) mass is 435 g/mol.